The van der Waals surface area contributed by atoms with Gasteiger partial charge in [-0.15, -0.1) is 0 Å². The van der Waals surface area contributed by atoms with E-state index in [1.165, 1.54) is 30.5 Å². The first-order valence-electron chi connectivity index (χ1n) is 13.2. The fraction of sp³-hybridized carbons (Fsp3) is 0.517. The Bertz CT molecular complexity index is 1100. The number of nitrogens with two attached hydrogens (primary N) is 1. The number of carbonyl (C=O) groups is 3. The zero-order valence-corrected chi connectivity index (χ0v) is 22.3. The monoisotopic (exact) mass is 510 g/mol. The van der Waals surface area contributed by atoms with Crippen LogP contribution in [0.2, 0.25) is 0 Å². The van der Waals surface area contributed by atoms with Crippen molar-refractivity contribution in [1.29, 1.82) is 0 Å². The van der Waals surface area contributed by atoms with E-state index in [4.69, 9.17) is 5.73 Å². The van der Waals surface area contributed by atoms with E-state index in [2.05, 4.69) is 10.3 Å². The molecule has 0 radical (unpaired) electrons. The fourth-order valence-electron chi connectivity index (χ4n) is 5.96. The van der Waals surface area contributed by atoms with Crippen LogP contribution in [0.4, 0.5) is 4.39 Å². The third kappa shape index (κ3) is 5.90. The Hall–Kier alpha value is -3.13. The predicted octanol–water partition coefficient (Wildman–Crippen LogP) is 4.41. The second-order valence-electron chi connectivity index (χ2n) is 10.1. The number of likely N-dealkylation sites (N-methyl/N-ethyl adjacent to an activating group) is 1. The number of nitrogens with zero attached hydrogens (tertiary/aromatic N) is 2. The van der Waals surface area contributed by atoms with Crippen molar-refractivity contribution in [2.45, 2.75) is 71.4 Å². The van der Waals surface area contributed by atoms with E-state index in [1.54, 1.807) is 24.2 Å². The summed E-state index contributed by atoms with van der Waals surface area (Å²) in [7, 11) is 1.67. The quantitative estimate of drug-likeness (QED) is 0.436. The Labute approximate surface area is 219 Å². The fourth-order valence-corrected chi connectivity index (χ4v) is 5.96. The van der Waals surface area contributed by atoms with Crippen molar-refractivity contribution < 1.29 is 18.8 Å². The van der Waals surface area contributed by atoms with Crippen molar-refractivity contribution in [2.75, 3.05) is 13.6 Å². The molecule has 1 heterocycles. The Balaban J connectivity index is 1.99. The van der Waals surface area contributed by atoms with Gasteiger partial charge in [0.2, 0.25) is 11.8 Å². The smallest absolute Gasteiger partial charge is 0.235 e. The molecule has 37 heavy (non-hydrogen) atoms. The molecule has 2 aromatic rings. The Morgan fingerprint density at radius 2 is 1.76 bits per heavy atom. The van der Waals surface area contributed by atoms with E-state index in [-0.39, 0.29) is 23.7 Å². The van der Waals surface area contributed by atoms with Gasteiger partial charge in [-0.25, -0.2) is 4.39 Å². The van der Waals surface area contributed by atoms with Crippen LogP contribution in [-0.4, -0.2) is 47.1 Å². The zero-order chi connectivity index (χ0) is 27.2. The second kappa shape index (κ2) is 12.4. The largest absolute Gasteiger partial charge is 0.368 e. The number of ketones is 1. The summed E-state index contributed by atoms with van der Waals surface area (Å²) >= 11 is 0. The van der Waals surface area contributed by atoms with Gasteiger partial charge in [0.15, 0.2) is 5.78 Å². The van der Waals surface area contributed by atoms with E-state index in [0.29, 0.717) is 24.1 Å². The number of nitrogens with one attached hydrogen (secondary N) is 1. The minimum Gasteiger partial charge on any atom is -0.368 e. The highest BCUT2D eigenvalue weighted by Gasteiger charge is 2.51. The lowest BCUT2D eigenvalue weighted by atomic mass is 9.64. The van der Waals surface area contributed by atoms with Gasteiger partial charge >= 0.3 is 0 Å². The molecule has 2 amide bonds. The normalized spacial score (nSPS) is 17.4. The molecule has 1 saturated carbocycles. The maximum atomic E-state index is 14.4. The number of primary amides is 1. The van der Waals surface area contributed by atoms with Crippen molar-refractivity contribution in [3.63, 3.8) is 0 Å². The van der Waals surface area contributed by atoms with Crippen LogP contribution in [-0.2, 0) is 9.59 Å². The molecule has 0 saturated heterocycles. The van der Waals surface area contributed by atoms with Gasteiger partial charge in [0.1, 0.15) is 11.9 Å². The molecule has 3 unspecified atom stereocenters. The maximum absolute atomic E-state index is 14.4. The summed E-state index contributed by atoms with van der Waals surface area (Å²) in [5.41, 5.74) is 6.26. The first kappa shape index (κ1) is 28.4. The number of amides is 2. The first-order chi connectivity index (χ1) is 17.7. The lowest BCUT2D eigenvalue weighted by Crippen LogP contribution is -2.61. The predicted molar refractivity (Wildman–Crippen MR) is 141 cm³/mol. The number of halogens is 1. The topological polar surface area (TPSA) is 105 Å². The van der Waals surface area contributed by atoms with Crippen LogP contribution < -0.4 is 11.1 Å². The number of aromatic nitrogens is 1. The van der Waals surface area contributed by atoms with Gasteiger partial charge in [0.05, 0.1) is 11.5 Å². The molecule has 0 aliphatic heterocycles. The summed E-state index contributed by atoms with van der Waals surface area (Å²) in [6.07, 6.45) is 8.64. The van der Waals surface area contributed by atoms with Crippen LogP contribution in [0.15, 0.2) is 42.7 Å². The average molecular weight is 511 g/mol. The number of benzene rings is 1. The van der Waals surface area contributed by atoms with Gasteiger partial charge < -0.3 is 16.0 Å². The van der Waals surface area contributed by atoms with Gasteiger partial charge in [-0.3, -0.25) is 19.4 Å². The molecule has 3 rings (SSSR count). The number of hydrogen-bond donors (Lipinski definition) is 2. The molecule has 3 atom stereocenters. The first-order valence-corrected chi connectivity index (χ1v) is 13.2. The number of hydrogen-bond acceptors (Lipinski definition) is 5. The third-order valence-corrected chi connectivity index (χ3v) is 7.96. The minimum atomic E-state index is -1.01. The molecule has 1 aliphatic carbocycles. The van der Waals surface area contributed by atoms with Crippen molar-refractivity contribution in [3.8, 4) is 0 Å². The highest BCUT2D eigenvalue weighted by atomic mass is 19.1. The summed E-state index contributed by atoms with van der Waals surface area (Å²) in [5.74, 6) is -1.32. The molecular formula is C29H39FN4O3. The minimum absolute atomic E-state index is 0.0229. The number of rotatable bonds is 11. The third-order valence-electron chi connectivity index (χ3n) is 7.96. The van der Waals surface area contributed by atoms with E-state index in [9.17, 15) is 18.8 Å². The average Bonchev–Trinajstić information content (AvgIpc) is 2.91. The van der Waals surface area contributed by atoms with Crippen LogP contribution in [0.5, 0.6) is 0 Å². The Morgan fingerprint density at radius 1 is 1.11 bits per heavy atom. The molecule has 200 valence electrons. The lowest BCUT2D eigenvalue weighted by molar-refractivity contribution is -0.153. The molecule has 3 N–H and O–H groups in total. The van der Waals surface area contributed by atoms with Gasteiger partial charge in [0.25, 0.3) is 0 Å². The van der Waals surface area contributed by atoms with E-state index < -0.39 is 23.2 Å². The van der Waals surface area contributed by atoms with E-state index in [1.807, 2.05) is 20.8 Å². The summed E-state index contributed by atoms with van der Waals surface area (Å²) in [6.45, 7) is 6.20. The van der Waals surface area contributed by atoms with Crippen LogP contribution in [0.1, 0.15) is 86.8 Å². The zero-order valence-electron chi connectivity index (χ0n) is 22.3. The van der Waals surface area contributed by atoms with Gasteiger partial charge in [-0.2, -0.15) is 0 Å². The van der Waals surface area contributed by atoms with E-state index >= 15 is 0 Å². The van der Waals surface area contributed by atoms with E-state index in [0.717, 1.165) is 37.7 Å². The summed E-state index contributed by atoms with van der Waals surface area (Å²) in [5, 5.41) is 3.04. The maximum Gasteiger partial charge on any atom is 0.235 e. The number of carbonyl (C=O) groups excluding carboxylic acids is 3. The molecule has 1 aliphatic rings. The van der Waals surface area contributed by atoms with Gasteiger partial charge in [-0.1, -0.05) is 26.2 Å². The van der Waals surface area contributed by atoms with Crippen LogP contribution >= 0.6 is 0 Å². The molecule has 7 nitrogen and oxygen atoms in total. The van der Waals surface area contributed by atoms with Gasteiger partial charge in [-0.05, 0) is 82.0 Å². The van der Waals surface area contributed by atoms with Gasteiger partial charge in [0, 0.05) is 30.1 Å². The van der Waals surface area contributed by atoms with Crippen molar-refractivity contribution >= 4 is 17.6 Å². The summed E-state index contributed by atoms with van der Waals surface area (Å²) in [4.78, 5) is 46.1. The highest BCUT2D eigenvalue weighted by molar-refractivity contribution is 6.08. The van der Waals surface area contributed by atoms with Crippen molar-refractivity contribution in [3.05, 3.63) is 65.2 Å². The number of pyridine rings is 1. The molecule has 8 heteroatoms. The molecule has 1 fully saturated rings. The summed E-state index contributed by atoms with van der Waals surface area (Å²) in [6, 6.07) is 5.99. The van der Waals surface area contributed by atoms with Crippen LogP contribution in [0.25, 0.3) is 0 Å². The Kier molecular flexibility index (Phi) is 9.54. The summed E-state index contributed by atoms with van der Waals surface area (Å²) < 4.78 is 13.3. The molecule has 0 spiro atoms. The lowest BCUT2D eigenvalue weighted by Gasteiger charge is -2.46. The highest BCUT2D eigenvalue weighted by Crippen LogP contribution is 2.44. The van der Waals surface area contributed by atoms with Crippen LogP contribution in [0.3, 0.4) is 0 Å². The molecule has 1 aromatic carbocycles. The second-order valence-corrected chi connectivity index (χ2v) is 10.1. The van der Waals surface area contributed by atoms with Crippen molar-refractivity contribution in [2.24, 2.45) is 17.1 Å². The molecular weight excluding hydrogens is 471 g/mol. The molecule has 0 bridgehead atoms. The van der Waals surface area contributed by atoms with Crippen molar-refractivity contribution in [1.82, 2.24) is 15.2 Å². The Morgan fingerprint density at radius 3 is 2.30 bits per heavy atom. The SMILES string of the molecule is CCC(c1cncc(C(=O)c2ccc(F)cc2)c1)N(CC)C(=O)C(C)(C1CCCCC1)C(NC)C(N)=O. The standard InChI is InChI=1S/C29H39FN4O3/c1-5-24(20-16-21(18-33-17-20)25(35)19-12-14-23(30)15-13-19)34(6-2)28(37)29(3,26(32-4)27(31)36)22-10-8-7-9-11-22/h12-18,22,24,26,32H,5-11H2,1-4H3,(H2,31,36). The van der Waals surface area contributed by atoms with Crippen LogP contribution in [0, 0.1) is 17.2 Å². The molecule has 1 aromatic heterocycles.